The van der Waals surface area contributed by atoms with Crippen LogP contribution in [0.5, 0.6) is 0 Å². The van der Waals surface area contributed by atoms with Gasteiger partial charge in [-0.05, 0) is 6.32 Å². The molecule has 0 fully saturated rings. The molecule has 0 heterocycles. The normalized spacial score (nSPS) is 12.9. The fourth-order valence-electron chi connectivity index (χ4n) is 0.776. The highest BCUT2D eigenvalue weighted by Crippen LogP contribution is 2.23. The highest BCUT2D eigenvalue weighted by Gasteiger charge is 2.13. The molecule has 14 heavy (non-hydrogen) atoms. The van der Waals surface area contributed by atoms with Gasteiger partial charge >= 0.3 is 8.60 Å². The predicted octanol–water partition coefficient (Wildman–Crippen LogP) is -1.07. The standard InChI is InChI=1S/C6H13BNO5P/c1-12-3-5(4-13-14(10)11)8-6(9)2-7/h5,10-11H,2-4H2,1H3,(H,8,9)/t5-/m1/s1. The van der Waals surface area contributed by atoms with Gasteiger partial charge in [0, 0.05) is 7.11 Å². The van der Waals surface area contributed by atoms with Gasteiger partial charge in [-0.15, -0.1) is 0 Å². The van der Waals surface area contributed by atoms with Crippen molar-refractivity contribution in [3.8, 4) is 0 Å². The Hall–Kier alpha value is -0.195. The molecule has 0 aliphatic heterocycles. The lowest BCUT2D eigenvalue weighted by atomic mass is 10.0. The van der Waals surface area contributed by atoms with E-state index in [0.29, 0.717) is 0 Å². The summed E-state index contributed by atoms with van der Waals surface area (Å²) in [6.07, 6.45) is -0.132. The van der Waals surface area contributed by atoms with Gasteiger partial charge in [-0.1, -0.05) is 0 Å². The SMILES string of the molecule is [B]CC(=O)N[C@H](COC)COP(O)O. The number of amides is 1. The maximum absolute atomic E-state index is 10.9. The third kappa shape index (κ3) is 7.23. The number of nitrogens with one attached hydrogen (secondary N) is 1. The highest BCUT2D eigenvalue weighted by molar-refractivity contribution is 7.39. The summed E-state index contributed by atoms with van der Waals surface area (Å²) in [6, 6.07) is -0.430. The third-order valence-corrected chi connectivity index (χ3v) is 1.69. The summed E-state index contributed by atoms with van der Waals surface area (Å²) in [5, 5.41) is 2.50. The van der Waals surface area contributed by atoms with E-state index < -0.39 is 14.6 Å². The van der Waals surface area contributed by atoms with Gasteiger partial charge in [-0.3, -0.25) is 4.79 Å². The molecule has 3 N–H and O–H groups in total. The lowest BCUT2D eigenvalue weighted by Crippen LogP contribution is -2.40. The Morgan fingerprint density at radius 3 is 2.64 bits per heavy atom. The van der Waals surface area contributed by atoms with Crippen LogP contribution in [0.25, 0.3) is 0 Å². The van der Waals surface area contributed by atoms with Crippen LogP contribution in [0.15, 0.2) is 0 Å². The monoisotopic (exact) mass is 221 g/mol. The van der Waals surface area contributed by atoms with Crippen molar-refractivity contribution in [2.24, 2.45) is 0 Å². The summed E-state index contributed by atoms with van der Waals surface area (Å²) in [5.74, 6) is -0.351. The van der Waals surface area contributed by atoms with Gasteiger partial charge in [0.2, 0.25) is 5.91 Å². The Balaban J connectivity index is 3.82. The van der Waals surface area contributed by atoms with E-state index in [1.54, 1.807) is 0 Å². The van der Waals surface area contributed by atoms with E-state index in [1.165, 1.54) is 7.11 Å². The Labute approximate surface area is 85.0 Å². The topological polar surface area (TPSA) is 88.0 Å². The summed E-state index contributed by atoms with van der Waals surface area (Å²) in [4.78, 5) is 27.8. The van der Waals surface area contributed by atoms with Crippen molar-refractivity contribution in [2.45, 2.75) is 12.4 Å². The molecule has 2 radical (unpaired) electrons. The minimum absolute atomic E-state index is 0.0295. The van der Waals surface area contributed by atoms with Gasteiger partial charge in [0.1, 0.15) is 0 Å². The largest absolute Gasteiger partial charge is 0.382 e. The first-order valence-electron chi connectivity index (χ1n) is 3.89. The van der Waals surface area contributed by atoms with Crippen molar-refractivity contribution in [1.29, 1.82) is 0 Å². The summed E-state index contributed by atoms with van der Waals surface area (Å²) >= 11 is 0. The van der Waals surface area contributed by atoms with Crippen LogP contribution in [0.1, 0.15) is 0 Å². The summed E-state index contributed by atoms with van der Waals surface area (Å²) in [7, 11) is 4.13. The number of rotatable bonds is 7. The first-order chi connectivity index (χ1) is 6.60. The first-order valence-corrected chi connectivity index (χ1v) is 5.05. The molecular weight excluding hydrogens is 208 g/mol. The number of hydrogen-bond donors (Lipinski definition) is 3. The van der Waals surface area contributed by atoms with E-state index >= 15 is 0 Å². The van der Waals surface area contributed by atoms with E-state index in [-0.39, 0.29) is 25.4 Å². The Kier molecular flexibility index (Phi) is 8.03. The van der Waals surface area contributed by atoms with Crippen LogP contribution in [-0.4, -0.2) is 49.9 Å². The first kappa shape index (κ1) is 13.8. The zero-order chi connectivity index (χ0) is 11.0. The van der Waals surface area contributed by atoms with E-state index in [4.69, 9.17) is 22.4 Å². The highest BCUT2D eigenvalue weighted by atomic mass is 31.2. The molecule has 0 aliphatic rings. The molecule has 0 rings (SSSR count). The number of carbonyl (C=O) groups excluding carboxylic acids is 1. The molecule has 6 nitrogen and oxygen atoms in total. The molecule has 0 saturated heterocycles. The van der Waals surface area contributed by atoms with Crippen LogP contribution in [0, 0.1) is 0 Å². The molecule has 0 bridgehead atoms. The molecule has 0 aromatic carbocycles. The van der Waals surface area contributed by atoms with Crippen LogP contribution in [0.2, 0.25) is 6.32 Å². The summed E-state index contributed by atoms with van der Waals surface area (Å²) < 4.78 is 9.33. The van der Waals surface area contributed by atoms with Crippen molar-refractivity contribution in [3.63, 3.8) is 0 Å². The van der Waals surface area contributed by atoms with Gasteiger partial charge in [0.25, 0.3) is 0 Å². The van der Waals surface area contributed by atoms with Gasteiger partial charge in [-0.25, -0.2) is 0 Å². The number of hydrogen-bond acceptors (Lipinski definition) is 5. The molecule has 0 aromatic heterocycles. The summed E-state index contributed by atoms with van der Waals surface area (Å²) in [6.45, 7) is 0.188. The van der Waals surface area contributed by atoms with Gasteiger partial charge in [-0.2, -0.15) is 0 Å². The fourth-order valence-corrected chi connectivity index (χ4v) is 1.09. The predicted molar refractivity (Wildman–Crippen MR) is 51.7 cm³/mol. The minimum atomic E-state index is -2.41. The van der Waals surface area contributed by atoms with Crippen molar-refractivity contribution in [3.05, 3.63) is 0 Å². The maximum Gasteiger partial charge on any atom is 0.327 e. The smallest absolute Gasteiger partial charge is 0.327 e. The zero-order valence-electron chi connectivity index (χ0n) is 7.84. The van der Waals surface area contributed by atoms with Crippen LogP contribution in [0.4, 0.5) is 0 Å². The molecule has 1 amide bonds. The quantitative estimate of drug-likeness (QED) is 0.376. The van der Waals surface area contributed by atoms with Crippen molar-refractivity contribution < 1.29 is 23.8 Å². The molecule has 80 valence electrons. The van der Waals surface area contributed by atoms with Crippen molar-refractivity contribution >= 4 is 22.4 Å². The van der Waals surface area contributed by atoms with Crippen LogP contribution < -0.4 is 5.32 Å². The fraction of sp³-hybridized carbons (Fsp3) is 0.833. The molecule has 8 heteroatoms. The molecule has 0 aromatic rings. The van der Waals surface area contributed by atoms with Gasteiger partial charge < -0.3 is 24.4 Å². The Morgan fingerprint density at radius 2 is 2.21 bits per heavy atom. The average Bonchev–Trinajstić information content (AvgIpc) is 2.14. The van der Waals surface area contributed by atoms with E-state index in [9.17, 15) is 4.79 Å². The minimum Gasteiger partial charge on any atom is -0.382 e. The maximum atomic E-state index is 10.9. The average molecular weight is 221 g/mol. The third-order valence-electron chi connectivity index (χ3n) is 1.31. The molecular formula is C6H13BNO5P. The van der Waals surface area contributed by atoms with Gasteiger partial charge in [0.05, 0.1) is 27.1 Å². The molecule has 1 atom stereocenters. The second-order valence-corrected chi connectivity index (χ2v) is 3.24. The molecule has 0 saturated carbocycles. The second-order valence-electron chi connectivity index (χ2n) is 2.47. The number of carbonyl (C=O) groups is 1. The summed E-state index contributed by atoms with van der Waals surface area (Å²) in [5.41, 5.74) is 0. The van der Waals surface area contributed by atoms with Crippen molar-refractivity contribution in [1.82, 2.24) is 5.32 Å². The van der Waals surface area contributed by atoms with Crippen LogP contribution in [0.3, 0.4) is 0 Å². The number of methoxy groups -OCH3 is 1. The molecule has 0 unspecified atom stereocenters. The lowest BCUT2D eigenvalue weighted by molar-refractivity contribution is -0.120. The van der Waals surface area contributed by atoms with Crippen LogP contribution >= 0.6 is 8.60 Å². The Morgan fingerprint density at radius 1 is 1.57 bits per heavy atom. The van der Waals surface area contributed by atoms with Gasteiger partial charge in [0.15, 0.2) is 0 Å². The lowest BCUT2D eigenvalue weighted by Gasteiger charge is -2.17. The zero-order valence-corrected chi connectivity index (χ0v) is 8.74. The van der Waals surface area contributed by atoms with Crippen LogP contribution in [-0.2, 0) is 14.1 Å². The Bertz CT molecular complexity index is 170. The molecule has 0 aliphatic carbocycles. The van der Waals surface area contributed by atoms with E-state index in [2.05, 4.69) is 9.84 Å². The molecule has 0 spiro atoms. The van der Waals surface area contributed by atoms with E-state index in [0.717, 1.165) is 0 Å². The number of ether oxygens (including phenoxy) is 1. The van der Waals surface area contributed by atoms with E-state index in [1.807, 2.05) is 0 Å². The van der Waals surface area contributed by atoms with Crippen molar-refractivity contribution in [2.75, 3.05) is 20.3 Å². The second kappa shape index (κ2) is 8.14.